The molecule has 3 nitrogen and oxygen atoms in total. The molecule has 0 unspecified atom stereocenters. The Bertz CT molecular complexity index is 229. The predicted octanol–water partition coefficient (Wildman–Crippen LogP) is 0.317. The number of rotatable bonds is 2. The first kappa shape index (κ1) is 7.85. The highest BCUT2D eigenvalue weighted by atomic mass is 16.4. The molecule has 0 spiro atoms. The summed E-state index contributed by atoms with van der Waals surface area (Å²) in [7, 11) is 9.67. The SMILES string of the molecule is [B]Oc1cc(O)cc(O[B])c1. The molecule has 1 aromatic rings. The molecule has 1 aromatic carbocycles. The maximum absolute atomic E-state index is 8.98. The van der Waals surface area contributed by atoms with Crippen LogP contribution in [0.5, 0.6) is 17.2 Å². The van der Waals surface area contributed by atoms with Gasteiger partial charge in [-0.1, -0.05) is 0 Å². The van der Waals surface area contributed by atoms with Gasteiger partial charge in [0.2, 0.25) is 0 Å². The Balaban J connectivity index is 3.02. The van der Waals surface area contributed by atoms with Gasteiger partial charge < -0.3 is 14.4 Å². The first-order valence-corrected chi connectivity index (χ1v) is 2.84. The van der Waals surface area contributed by atoms with Crippen LogP contribution in [0.4, 0.5) is 0 Å². The molecule has 4 radical (unpaired) electrons. The first-order chi connectivity index (χ1) is 5.26. The van der Waals surface area contributed by atoms with E-state index in [0.717, 1.165) is 0 Å². The summed E-state index contributed by atoms with van der Waals surface area (Å²) in [6.07, 6.45) is 0. The van der Waals surface area contributed by atoms with E-state index in [4.69, 9.17) is 21.2 Å². The highest BCUT2D eigenvalue weighted by Crippen LogP contribution is 2.25. The average molecular weight is 146 g/mol. The van der Waals surface area contributed by atoms with Gasteiger partial charge in [-0.25, -0.2) is 0 Å². The van der Waals surface area contributed by atoms with E-state index < -0.39 is 0 Å². The van der Waals surface area contributed by atoms with Crippen LogP contribution in [-0.2, 0) is 0 Å². The Morgan fingerprint density at radius 2 is 1.45 bits per heavy atom. The van der Waals surface area contributed by atoms with Gasteiger partial charge in [-0.2, -0.15) is 0 Å². The van der Waals surface area contributed by atoms with E-state index in [0.29, 0.717) is 0 Å². The number of hydrogen-bond acceptors (Lipinski definition) is 3. The lowest BCUT2D eigenvalue weighted by Gasteiger charge is -2.04. The maximum atomic E-state index is 8.98. The summed E-state index contributed by atoms with van der Waals surface area (Å²) < 4.78 is 8.68. The van der Waals surface area contributed by atoms with Gasteiger partial charge in [0.25, 0.3) is 0 Å². The summed E-state index contributed by atoms with van der Waals surface area (Å²) in [5, 5.41) is 8.98. The number of phenolic OH excluding ortho intramolecular Hbond substituents is 1. The zero-order chi connectivity index (χ0) is 8.27. The van der Waals surface area contributed by atoms with Crippen molar-refractivity contribution in [3.05, 3.63) is 18.2 Å². The highest BCUT2D eigenvalue weighted by Gasteiger charge is 1.97. The topological polar surface area (TPSA) is 38.7 Å². The van der Waals surface area contributed by atoms with Crippen LogP contribution >= 0.6 is 0 Å². The summed E-state index contributed by atoms with van der Waals surface area (Å²) in [5.74, 6) is 0.546. The van der Waals surface area contributed by atoms with Gasteiger partial charge in [0, 0.05) is 18.2 Å². The average Bonchev–Trinajstić information content (AvgIpc) is 2.03. The Morgan fingerprint density at radius 3 is 1.82 bits per heavy atom. The van der Waals surface area contributed by atoms with E-state index >= 15 is 0 Å². The largest absolute Gasteiger partial charge is 0.568 e. The minimum Gasteiger partial charge on any atom is -0.568 e. The van der Waals surface area contributed by atoms with Crippen molar-refractivity contribution < 1.29 is 14.4 Å². The number of hydrogen-bond donors (Lipinski definition) is 1. The van der Waals surface area contributed by atoms with Crippen molar-refractivity contribution in [3.63, 3.8) is 0 Å². The lowest BCUT2D eigenvalue weighted by Crippen LogP contribution is -1.88. The fourth-order valence-electron chi connectivity index (χ4n) is 0.693. The quantitative estimate of drug-likeness (QED) is 0.610. The monoisotopic (exact) mass is 146 g/mol. The molecule has 0 aromatic heterocycles. The molecule has 0 bridgehead atoms. The van der Waals surface area contributed by atoms with Crippen molar-refractivity contribution in [2.24, 2.45) is 0 Å². The number of aromatic hydroxyl groups is 1. The van der Waals surface area contributed by atoms with Crippen molar-refractivity contribution >= 4 is 16.1 Å². The second kappa shape index (κ2) is 3.23. The highest BCUT2D eigenvalue weighted by molar-refractivity contribution is 6.00. The van der Waals surface area contributed by atoms with Gasteiger partial charge in [-0.05, 0) is 0 Å². The molecule has 1 rings (SSSR count). The minimum atomic E-state index is -0.0200. The molecule has 0 fully saturated rings. The third-order valence-electron chi connectivity index (χ3n) is 1.14. The van der Waals surface area contributed by atoms with Crippen LogP contribution < -0.4 is 9.31 Å². The maximum Gasteiger partial charge on any atom is 0.374 e. The Labute approximate surface area is 66.8 Å². The van der Waals surface area contributed by atoms with Crippen LogP contribution in [0.25, 0.3) is 0 Å². The standard InChI is InChI=1S/C6H4B2O3/c7-10-5-1-4(9)2-6(3-5)11-8/h1-3,9H. The van der Waals surface area contributed by atoms with Gasteiger partial charge in [0.05, 0.1) is 0 Å². The van der Waals surface area contributed by atoms with Crippen molar-refractivity contribution in [2.45, 2.75) is 0 Å². The van der Waals surface area contributed by atoms with E-state index in [-0.39, 0.29) is 17.2 Å². The second-order valence-electron chi connectivity index (χ2n) is 1.90. The molecule has 52 valence electrons. The van der Waals surface area contributed by atoms with Crippen molar-refractivity contribution in [2.75, 3.05) is 0 Å². The van der Waals surface area contributed by atoms with E-state index in [1.54, 1.807) is 0 Å². The van der Waals surface area contributed by atoms with Gasteiger partial charge in [-0.3, -0.25) is 0 Å². The third kappa shape index (κ3) is 1.83. The molecule has 0 aliphatic heterocycles. The van der Waals surface area contributed by atoms with Crippen molar-refractivity contribution in [3.8, 4) is 17.2 Å². The molecule has 0 saturated heterocycles. The Morgan fingerprint density at radius 1 is 1.00 bits per heavy atom. The minimum absolute atomic E-state index is 0.0200. The molecule has 5 heteroatoms. The molecule has 11 heavy (non-hydrogen) atoms. The van der Waals surface area contributed by atoms with E-state index in [9.17, 15) is 0 Å². The van der Waals surface area contributed by atoms with Crippen LogP contribution in [0.2, 0.25) is 0 Å². The smallest absolute Gasteiger partial charge is 0.374 e. The van der Waals surface area contributed by atoms with Gasteiger partial charge in [-0.15, -0.1) is 0 Å². The van der Waals surface area contributed by atoms with Crippen LogP contribution in [0, 0.1) is 0 Å². The molecule has 1 N–H and O–H groups in total. The van der Waals surface area contributed by atoms with E-state index in [2.05, 4.69) is 9.31 Å². The van der Waals surface area contributed by atoms with Crippen LogP contribution in [0.3, 0.4) is 0 Å². The fraction of sp³-hybridized carbons (Fsp3) is 0. The molecule has 0 aliphatic rings. The lowest BCUT2D eigenvalue weighted by atomic mass is 10.3. The number of benzene rings is 1. The van der Waals surface area contributed by atoms with Crippen molar-refractivity contribution in [1.29, 1.82) is 0 Å². The molecule has 0 aliphatic carbocycles. The summed E-state index contributed by atoms with van der Waals surface area (Å²) in [6, 6.07) is 4.12. The van der Waals surface area contributed by atoms with E-state index in [1.165, 1.54) is 18.2 Å². The van der Waals surface area contributed by atoms with Gasteiger partial charge >= 0.3 is 16.1 Å². The summed E-state index contributed by atoms with van der Waals surface area (Å²) in [4.78, 5) is 0. The van der Waals surface area contributed by atoms with E-state index in [1.807, 2.05) is 0 Å². The van der Waals surface area contributed by atoms with Gasteiger partial charge in [0.1, 0.15) is 17.2 Å². The second-order valence-corrected chi connectivity index (χ2v) is 1.90. The van der Waals surface area contributed by atoms with Crippen molar-refractivity contribution in [1.82, 2.24) is 0 Å². The Hall–Kier alpha value is -1.25. The summed E-state index contributed by atoms with van der Waals surface area (Å²) in [5.41, 5.74) is 0. The van der Waals surface area contributed by atoms with Crippen LogP contribution in [0.1, 0.15) is 0 Å². The predicted molar refractivity (Wildman–Crippen MR) is 40.9 cm³/mol. The molecular weight excluding hydrogens is 142 g/mol. The zero-order valence-electron chi connectivity index (χ0n) is 5.65. The Kier molecular flexibility index (Phi) is 2.31. The summed E-state index contributed by atoms with van der Waals surface area (Å²) >= 11 is 0. The fourth-order valence-corrected chi connectivity index (χ4v) is 0.693. The molecule has 0 heterocycles. The molecule has 0 saturated carbocycles. The molecular formula is C6H4B2O3. The molecule has 0 amide bonds. The van der Waals surface area contributed by atoms with Gasteiger partial charge in [0.15, 0.2) is 0 Å². The van der Waals surface area contributed by atoms with Crippen LogP contribution in [0.15, 0.2) is 18.2 Å². The lowest BCUT2D eigenvalue weighted by molar-refractivity contribution is 0.466. The zero-order valence-corrected chi connectivity index (χ0v) is 5.65. The normalized spacial score (nSPS) is 9.09. The first-order valence-electron chi connectivity index (χ1n) is 2.84. The number of phenols is 1. The third-order valence-corrected chi connectivity index (χ3v) is 1.14. The summed E-state index contributed by atoms with van der Waals surface area (Å²) in [6.45, 7) is 0. The molecule has 0 atom stereocenters. The van der Waals surface area contributed by atoms with Crippen LogP contribution in [-0.4, -0.2) is 21.2 Å².